The first kappa shape index (κ1) is 29.9. The minimum absolute atomic E-state index is 0.00469. The van der Waals surface area contributed by atoms with Crippen LogP contribution in [0.1, 0.15) is 29.2 Å². The molecule has 2 heterocycles. The summed E-state index contributed by atoms with van der Waals surface area (Å²) in [5, 5.41) is 16.2. The summed E-state index contributed by atoms with van der Waals surface area (Å²) >= 11 is 0. The van der Waals surface area contributed by atoms with Crippen LogP contribution in [0.5, 0.6) is 5.75 Å². The van der Waals surface area contributed by atoms with Gasteiger partial charge in [0, 0.05) is 45.8 Å². The largest absolute Gasteiger partial charge is 0.508 e. The Labute approximate surface area is 253 Å². The van der Waals surface area contributed by atoms with Crippen molar-refractivity contribution in [3.8, 4) is 5.75 Å². The number of rotatable bonds is 8. The number of amides is 4. The molecule has 2 aliphatic rings. The summed E-state index contributed by atoms with van der Waals surface area (Å²) < 4.78 is 0. The van der Waals surface area contributed by atoms with Gasteiger partial charge in [-0.2, -0.15) is 0 Å². The van der Waals surface area contributed by atoms with E-state index in [4.69, 9.17) is 0 Å². The van der Waals surface area contributed by atoms with E-state index >= 15 is 0 Å². The molecule has 2 fully saturated rings. The van der Waals surface area contributed by atoms with E-state index in [1.54, 1.807) is 44.1 Å². The van der Waals surface area contributed by atoms with Crippen LogP contribution in [0.3, 0.4) is 0 Å². The number of fused-ring (bicyclic) bond motifs is 1. The van der Waals surface area contributed by atoms with Crippen LogP contribution in [0.2, 0.25) is 0 Å². The number of carbonyl (C=O) groups is 3. The molecular formula is C33H40N6O4. The highest BCUT2D eigenvalue weighted by Crippen LogP contribution is 2.30. The zero-order valence-electron chi connectivity index (χ0n) is 25.2. The number of hydrogen-bond donors (Lipinski definition) is 2. The molecule has 10 nitrogen and oxygen atoms in total. The highest BCUT2D eigenvalue weighted by Gasteiger charge is 2.51. The number of nitrogens with one attached hydrogen (secondary N) is 1. The van der Waals surface area contributed by atoms with E-state index in [1.807, 2.05) is 68.4 Å². The summed E-state index contributed by atoms with van der Waals surface area (Å²) in [6.07, 6.45) is -0.420. The Bertz CT molecular complexity index is 1460. The number of hydrogen-bond acceptors (Lipinski definition) is 6. The van der Waals surface area contributed by atoms with Crippen molar-refractivity contribution in [2.75, 3.05) is 38.6 Å². The maximum Gasteiger partial charge on any atom is 0.334 e. The monoisotopic (exact) mass is 584 g/mol. The zero-order valence-corrected chi connectivity index (χ0v) is 25.2. The molecule has 0 bridgehead atoms. The minimum Gasteiger partial charge on any atom is -0.508 e. The number of likely N-dealkylation sites (N-methyl/N-ethyl adjacent to an activating group) is 1. The summed E-state index contributed by atoms with van der Waals surface area (Å²) in [7, 11) is 3.98. The molecule has 0 radical (unpaired) electrons. The normalized spacial score (nSPS) is 18.9. The van der Waals surface area contributed by atoms with Gasteiger partial charge in [0.1, 0.15) is 18.0 Å². The summed E-state index contributed by atoms with van der Waals surface area (Å²) in [5.41, 5.74) is 4.94. The van der Waals surface area contributed by atoms with E-state index in [1.165, 1.54) is 0 Å². The number of nitrogens with zero attached hydrogens (tertiary/aromatic N) is 5. The van der Waals surface area contributed by atoms with Crippen LogP contribution in [-0.4, -0.2) is 88.7 Å². The Morgan fingerprint density at radius 3 is 2.35 bits per heavy atom. The van der Waals surface area contributed by atoms with E-state index in [2.05, 4.69) is 18.3 Å². The molecule has 3 aromatic carbocycles. The Hall–Kier alpha value is -4.57. The van der Waals surface area contributed by atoms with Crippen molar-refractivity contribution >= 4 is 23.5 Å². The first-order valence-electron chi connectivity index (χ1n) is 14.7. The number of anilines is 1. The number of urea groups is 1. The molecule has 3 aromatic rings. The molecular weight excluding hydrogens is 544 g/mol. The van der Waals surface area contributed by atoms with Crippen molar-refractivity contribution in [2.24, 2.45) is 0 Å². The fourth-order valence-electron chi connectivity index (χ4n) is 5.97. The molecule has 4 amide bonds. The van der Waals surface area contributed by atoms with Crippen molar-refractivity contribution in [3.05, 3.63) is 95.1 Å². The van der Waals surface area contributed by atoms with Gasteiger partial charge in [-0.05, 0) is 47.4 Å². The predicted molar refractivity (Wildman–Crippen MR) is 165 cm³/mol. The highest BCUT2D eigenvalue weighted by molar-refractivity contribution is 5.91. The lowest BCUT2D eigenvalue weighted by Crippen LogP contribution is -2.76. The van der Waals surface area contributed by atoms with E-state index in [0.29, 0.717) is 19.6 Å². The third-order valence-electron chi connectivity index (χ3n) is 8.18. The number of benzene rings is 3. The van der Waals surface area contributed by atoms with E-state index in [-0.39, 0.29) is 43.1 Å². The molecule has 0 spiro atoms. The first-order chi connectivity index (χ1) is 20.7. The van der Waals surface area contributed by atoms with Crippen LogP contribution < -0.4 is 10.2 Å². The Kier molecular flexibility index (Phi) is 8.86. The number of phenols is 1. The van der Waals surface area contributed by atoms with Gasteiger partial charge in [-0.25, -0.2) is 14.8 Å². The summed E-state index contributed by atoms with van der Waals surface area (Å²) in [6, 6.07) is 21.4. The fraction of sp³-hybridized carbons (Fsp3) is 0.364. The molecule has 2 saturated heterocycles. The SMILES string of the molecule is CCN1CC(=O)N2[C@@H](Cc3ccc(O)cc3)C(=O)N(Cc3ccc(C)c(N(C)C)c3)C[C@@H]2N1C(=O)NCc1ccccc1. The van der Waals surface area contributed by atoms with Crippen LogP contribution in [0.15, 0.2) is 72.8 Å². The Morgan fingerprint density at radius 2 is 1.67 bits per heavy atom. The summed E-state index contributed by atoms with van der Waals surface area (Å²) in [5.74, 6) is -0.233. The van der Waals surface area contributed by atoms with Crippen LogP contribution in [-0.2, 0) is 29.1 Å². The number of hydrazine groups is 1. The maximum atomic E-state index is 14.2. The minimum atomic E-state index is -0.807. The van der Waals surface area contributed by atoms with Gasteiger partial charge in [-0.1, -0.05) is 61.5 Å². The van der Waals surface area contributed by atoms with Gasteiger partial charge < -0.3 is 25.1 Å². The second-order valence-electron chi connectivity index (χ2n) is 11.4. The van der Waals surface area contributed by atoms with E-state index in [0.717, 1.165) is 27.9 Å². The van der Waals surface area contributed by atoms with Crippen molar-refractivity contribution in [1.29, 1.82) is 0 Å². The maximum absolute atomic E-state index is 14.2. The molecule has 43 heavy (non-hydrogen) atoms. The standard InChI is InChI=1S/C33H40N6O4/c1-5-37-22-31(41)38-29(17-24-13-15-27(40)16-14-24)32(42)36(20-26-12-11-23(2)28(18-26)35(3)4)21-30(38)39(37)33(43)34-19-25-9-7-6-8-10-25/h6-16,18,29-30,40H,5,17,19-22H2,1-4H3,(H,34,43)/t29-,30-/m0/s1. The third-order valence-corrected chi connectivity index (χ3v) is 8.18. The van der Waals surface area contributed by atoms with Gasteiger partial charge in [0.2, 0.25) is 11.8 Å². The van der Waals surface area contributed by atoms with Gasteiger partial charge >= 0.3 is 6.03 Å². The lowest BCUT2D eigenvalue weighted by Gasteiger charge is -2.55. The van der Waals surface area contributed by atoms with Crippen LogP contribution in [0.25, 0.3) is 0 Å². The molecule has 0 aliphatic carbocycles. The predicted octanol–water partition coefficient (Wildman–Crippen LogP) is 3.34. The molecule has 5 rings (SSSR count). The Morgan fingerprint density at radius 1 is 0.977 bits per heavy atom. The number of carbonyl (C=O) groups excluding carboxylic acids is 3. The number of phenolic OH excluding ortho intramolecular Hbond substituents is 1. The molecule has 2 aliphatic heterocycles. The van der Waals surface area contributed by atoms with Gasteiger partial charge in [-0.3, -0.25) is 9.59 Å². The lowest BCUT2D eigenvalue weighted by molar-refractivity contribution is -0.190. The van der Waals surface area contributed by atoms with Crippen LogP contribution in [0, 0.1) is 6.92 Å². The van der Waals surface area contributed by atoms with E-state index in [9.17, 15) is 19.5 Å². The number of aryl methyl sites for hydroxylation is 1. The number of aromatic hydroxyl groups is 1. The van der Waals surface area contributed by atoms with E-state index < -0.39 is 12.2 Å². The van der Waals surface area contributed by atoms with Gasteiger partial charge in [0.15, 0.2) is 0 Å². The Balaban J connectivity index is 1.49. The van der Waals surface area contributed by atoms with Gasteiger partial charge in [-0.15, -0.1) is 0 Å². The molecule has 2 atom stereocenters. The fourth-order valence-corrected chi connectivity index (χ4v) is 5.97. The van der Waals surface area contributed by atoms with Crippen molar-refractivity contribution in [1.82, 2.24) is 25.1 Å². The first-order valence-corrected chi connectivity index (χ1v) is 14.7. The summed E-state index contributed by atoms with van der Waals surface area (Å²) in [6.45, 7) is 5.27. The average Bonchev–Trinajstić information content (AvgIpc) is 3.00. The molecule has 10 heteroatoms. The topological polar surface area (TPSA) is 99.7 Å². The van der Waals surface area contributed by atoms with Crippen molar-refractivity contribution < 1.29 is 19.5 Å². The lowest BCUT2D eigenvalue weighted by atomic mass is 9.98. The van der Waals surface area contributed by atoms with Crippen molar-refractivity contribution in [3.63, 3.8) is 0 Å². The zero-order chi connectivity index (χ0) is 30.7. The second kappa shape index (κ2) is 12.7. The molecule has 0 unspecified atom stereocenters. The number of piperazine rings is 1. The second-order valence-corrected chi connectivity index (χ2v) is 11.4. The van der Waals surface area contributed by atoms with Crippen LogP contribution in [0.4, 0.5) is 10.5 Å². The highest BCUT2D eigenvalue weighted by atomic mass is 16.3. The quantitative estimate of drug-likeness (QED) is 0.422. The molecule has 226 valence electrons. The third kappa shape index (κ3) is 6.44. The average molecular weight is 585 g/mol. The van der Waals surface area contributed by atoms with Crippen LogP contribution >= 0.6 is 0 Å². The smallest absolute Gasteiger partial charge is 0.334 e. The molecule has 0 aromatic heterocycles. The van der Waals surface area contributed by atoms with Gasteiger partial charge in [0.25, 0.3) is 0 Å². The van der Waals surface area contributed by atoms with Crippen molar-refractivity contribution in [2.45, 2.75) is 45.6 Å². The molecule has 0 saturated carbocycles. The van der Waals surface area contributed by atoms with Gasteiger partial charge in [0.05, 0.1) is 13.1 Å². The summed E-state index contributed by atoms with van der Waals surface area (Å²) in [4.78, 5) is 47.1. The molecule has 2 N–H and O–H groups in total.